The molecule has 8 heteroatoms. The van der Waals surface area contributed by atoms with Gasteiger partial charge in [-0.1, -0.05) is 24.3 Å². The highest BCUT2D eigenvalue weighted by atomic mass is 35.5. The molecule has 3 rings (SSSR count). The second kappa shape index (κ2) is 12.3. The summed E-state index contributed by atoms with van der Waals surface area (Å²) in [6.45, 7) is 4.77. The Bertz CT molecular complexity index is 823. The van der Waals surface area contributed by atoms with Crippen LogP contribution in [-0.4, -0.2) is 49.6 Å². The van der Waals surface area contributed by atoms with Crippen LogP contribution in [0.1, 0.15) is 27.9 Å². The second-order valence-corrected chi connectivity index (χ2v) is 7.04. The van der Waals surface area contributed by atoms with Crippen molar-refractivity contribution in [3.8, 4) is 0 Å². The molecule has 1 heterocycles. The third-order valence-electron chi connectivity index (χ3n) is 4.87. The lowest BCUT2D eigenvalue weighted by Crippen LogP contribution is -2.38. The topological polar surface area (TPSA) is 96.7 Å². The molecule has 1 aliphatic rings. The van der Waals surface area contributed by atoms with Crippen LogP contribution in [0, 0.1) is 0 Å². The summed E-state index contributed by atoms with van der Waals surface area (Å²) in [5.74, 6) is -0.161. The molecule has 1 aliphatic heterocycles. The summed E-state index contributed by atoms with van der Waals surface area (Å²) >= 11 is 0. The fourth-order valence-corrected chi connectivity index (χ4v) is 3.14. The van der Waals surface area contributed by atoms with Gasteiger partial charge in [0.1, 0.15) is 0 Å². The van der Waals surface area contributed by atoms with Crippen LogP contribution in [0.25, 0.3) is 0 Å². The van der Waals surface area contributed by atoms with Crippen LogP contribution in [0.5, 0.6) is 0 Å². The van der Waals surface area contributed by atoms with Gasteiger partial charge in [-0.15, -0.1) is 12.4 Å². The first-order valence-corrected chi connectivity index (χ1v) is 9.90. The van der Waals surface area contributed by atoms with Gasteiger partial charge >= 0.3 is 0 Å². The number of hydrogen-bond acceptors (Lipinski definition) is 5. The molecule has 0 aliphatic carbocycles. The normalized spacial score (nSPS) is 13.9. The number of nitrogens with one attached hydrogen (secondary N) is 2. The van der Waals surface area contributed by atoms with Gasteiger partial charge in [-0.3, -0.25) is 14.5 Å². The Morgan fingerprint density at radius 2 is 1.77 bits per heavy atom. The van der Waals surface area contributed by atoms with Crippen molar-refractivity contribution < 1.29 is 14.3 Å². The summed E-state index contributed by atoms with van der Waals surface area (Å²) in [4.78, 5) is 26.7. The number of halogens is 1. The van der Waals surface area contributed by atoms with Gasteiger partial charge in [0.05, 0.1) is 13.2 Å². The molecule has 0 radical (unpaired) electrons. The Balaban J connectivity index is 0.00000320. The maximum absolute atomic E-state index is 12.3. The molecule has 0 aromatic heterocycles. The number of morpholine rings is 1. The van der Waals surface area contributed by atoms with Crippen LogP contribution >= 0.6 is 12.4 Å². The number of carbonyl (C=O) groups excluding carboxylic acids is 2. The summed E-state index contributed by atoms with van der Waals surface area (Å²) in [6.07, 6.45) is 0.444. The zero-order valence-electron chi connectivity index (χ0n) is 16.9. The van der Waals surface area contributed by atoms with E-state index in [9.17, 15) is 9.59 Å². The Morgan fingerprint density at radius 1 is 1.03 bits per heavy atom. The van der Waals surface area contributed by atoms with Gasteiger partial charge in [0.2, 0.25) is 5.91 Å². The van der Waals surface area contributed by atoms with Crippen LogP contribution in [0.15, 0.2) is 48.5 Å². The fraction of sp³-hybridized carbons (Fsp3) is 0.364. The first kappa shape index (κ1) is 23.8. The Hall–Kier alpha value is -2.45. The van der Waals surface area contributed by atoms with Crippen LogP contribution in [0.4, 0.5) is 5.69 Å². The molecule has 30 heavy (non-hydrogen) atoms. The molecular formula is C22H29ClN4O3. The predicted octanol–water partition coefficient (Wildman–Crippen LogP) is 2.16. The highest BCUT2D eigenvalue weighted by molar-refractivity contribution is 5.94. The average Bonchev–Trinajstić information content (AvgIpc) is 2.77. The van der Waals surface area contributed by atoms with Crippen LogP contribution in [-0.2, 0) is 22.6 Å². The van der Waals surface area contributed by atoms with E-state index in [-0.39, 0.29) is 24.2 Å². The molecule has 0 spiro atoms. The summed E-state index contributed by atoms with van der Waals surface area (Å²) in [7, 11) is 0. The largest absolute Gasteiger partial charge is 0.379 e. The number of hydrogen-bond donors (Lipinski definition) is 3. The third kappa shape index (κ3) is 7.42. The number of nitrogens with two attached hydrogens (primary N) is 1. The van der Waals surface area contributed by atoms with E-state index in [2.05, 4.69) is 15.5 Å². The van der Waals surface area contributed by atoms with Crippen molar-refractivity contribution in [1.29, 1.82) is 0 Å². The number of carbonyl (C=O) groups is 2. The molecule has 162 valence electrons. The van der Waals surface area contributed by atoms with Crippen LogP contribution in [0.3, 0.4) is 0 Å². The van der Waals surface area contributed by atoms with Gasteiger partial charge in [-0.25, -0.2) is 0 Å². The zero-order valence-corrected chi connectivity index (χ0v) is 17.7. The number of anilines is 1. The van der Waals surface area contributed by atoms with E-state index in [4.69, 9.17) is 10.5 Å². The van der Waals surface area contributed by atoms with E-state index < -0.39 is 0 Å². The number of ether oxygens (including phenoxy) is 1. The first-order valence-electron chi connectivity index (χ1n) is 9.90. The number of amides is 2. The van der Waals surface area contributed by atoms with E-state index in [0.29, 0.717) is 25.1 Å². The van der Waals surface area contributed by atoms with Gasteiger partial charge in [-0.05, 0) is 35.4 Å². The Kier molecular flexibility index (Phi) is 9.76. The van der Waals surface area contributed by atoms with Gasteiger partial charge in [-0.2, -0.15) is 0 Å². The van der Waals surface area contributed by atoms with Crippen molar-refractivity contribution in [2.45, 2.75) is 19.5 Å². The third-order valence-corrected chi connectivity index (χ3v) is 4.87. The van der Waals surface area contributed by atoms with Crippen molar-refractivity contribution in [3.05, 3.63) is 65.2 Å². The predicted molar refractivity (Wildman–Crippen MR) is 120 cm³/mol. The standard InChI is InChI=1S/C22H28N4O3.ClH/c23-15-17-4-6-19(7-5-17)22(28)24-16-18-2-1-3-20(14-18)25-21(27)8-9-26-10-12-29-13-11-26;/h1-7,14H,8-13,15-16,23H2,(H,24,28)(H,25,27);1H. The fourth-order valence-electron chi connectivity index (χ4n) is 3.14. The molecule has 2 aromatic rings. The molecule has 2 amide bonds. The van der Waals surface area contributed by atoms with Crippen LogP contribution < -0.4 is 16.4 Å². The quantitative estimate of drug-likeness (QED) is 0.594. The number of rotatable bonds is 8. The Morgan fingerprint density at radius 3 is 2.47 bits per heavy atom. The van der Waals surface area contributed by atoms with E-state index in [1.54, 1.807) is 12.1 Å². The second-order valence-electron chi connectivity index (χ2n) is 7.04. The SMILES string of the molecule is Cl.NCc1ccc(C(=O)NCc2cccc(NC(=O)CCN3CCOCC3)c2)cc1. The van der Waals surface area contributed by atoms with Crippen molar-refractivity contribution in [2.75, 3.05) is 38.2 Å². The minimum absolute atomic E-state index is 0. The summed E-state index contributed by atoms with van der Waals surface area (Å²) in [5.41, 5.74) is 8.81. The van der Waals surface area contributed by atoms with E-state index in [1.165, 1.54) is 0 Å². The van der Waals surface area contributed by atoms with Crippen molar-refractivity contribution in [3.63, 3.8) is 0 Å². The molecule has 1 saturated heterocycles. The van der Waals surface area contributed by atoms with Gasteiger partial charge < -0.3 is 21.1 Å². The molecule has 0 unspecified atom stereocenters. The number of nitrogens with zero attached hydrogens (tertiary/aromatic N) is 1. The molecule has 0 atom stereocenters. The minimum atomic E-state index is -0.145. The molecule has 4 N–H and O–H groups in total. The smallest absolute Gasteiger partial charge is 0.251 e. The lowest BCUT2D eigenvalue weighted by Gasteiger charge is -2.26. The van der Waals surface area contributed by atoms with Gasteiger partial charge in [0, 0.05) is 50.4 Å². The number of benzene rings is 2. The maximum Gasteiger partial charge on any atom is 0.251 e. The lowest BCUT2D eigenvalue weighted by atomic mass is 10.1. The van der Waals surface area contributed by atoms with Crippen LogP contribution in [0.2, 0.25) is 0 Å². The Labute approximate surface area is 183 Å². The molecule has 7 nitrogen and oxygen atoms in total. The van der Waals surface area contributed by atoms with Crippen molar-refractivity contribution in [1.82, 2.24) is 10.2 Å². The van der Waals surface area contributed by atoms with E-state index in [1.807, 2.05) is 36.4 Å². The lowest BCUT2D eigenvalue weighted by molar-refractivity contribution is -0.116. The molecule has 2 aromatic carbocycles. The average molecular weight is 433 g/mol. The highest BCUT2D eigenvalue weighted by Crippen LogP contribution is 2.12. The van der Waals surface area contributed by atoms with E-state index in [0.717, 1.165) is 49.7 Å². The first-order chi connectivity index (χ1) is 14.1. The molecular weight excluding hydrogens is 404 g/mol. The summed E-state index contributed by atoms with van der Waals surface area (Å²) in [6, 6.07) is 14.7. The molecule has 0 bridgehead atoms. The van der Waals surface area contributed by atoms with Crippen molar-refractivity contribution in [2.24, 2.45) is 5.73 Å². The van der Waals surface area contributed by atoms with E-state index >= 15 is 0 Å². The summed E-state index contributed by atoms with van der Waals surface area (Å²) in [5, 5.41) is 5.83. The zero-order chi connectivity index (χ0) is 20.5. The summed E-state index contributed by atoms with van der Waals surface area (Å²) < 4.78 is 5.32. The maximum atomic E-state index is 12.3. The van der Waals surface area contributed by atoms with Gasteiger partial charge in [0.25, 0.3) is 5.91 Å². The van der Waals surface area contributed by atoms with Crippen molar-refractivity contribution >= 4 is 29.9 Å². The minimum Gasteiger partial charge on any atom is -0.379 e. The van der Waals surface area contributed by atoms with Gasteiger partial charge in [0.15, 0.2) is 0 Å². The monoisotopic (exact) mass is 432 g/mol. The molecule has 0 saturated carbocycles. The molecule has 1 fully saturated rings. The highest BCUT2D eigenvalue weighted by Gasteiger charge is 2.12.